The molecule has 2 heterocycles. The van der Waals surface area contributed by atoms with Crippen LogP contribution in [0.3, 0.4) is 0 Å². The lowest BCUT2D eigenvalue weighted by Crippen LogP contribution is -2.45. The van der Waals surface area contributed by atoms with Crippen molar-refractivity contribution in [3.63, 3.8) is 0 Å². The Morgan fingerprint density at radius 3 is 2.78 bits per heavy atom. The van der Waals surface area contributed by atoms with E-state index in [2.05, 4.69) is 6.58 Å². The van der Waals surface area contributed by atoms with Crippen molar-refractivity contribution in [2.45, 2.75) is 70.2 Å². The van der Waals surface area contributed by atoms with Gasteiger partial charge in [-0.2, -0.15) is 0 Å². The quantitative estimate of drug-likeness (QED) is 0.322. The second-order valence-electron chi connectivity index (χ2n) is 7.77. The van der Waals surface area contributed by atoms with Gasteiger partial charge < -0.3 is 24.4 Å². The molecule has 2 fully saturated rings. The highest BCUT2D eigenvalue weighted by molar-refractivity contribution is 5.92. The average Bonchev–Trinajstić information content (AvgIpc) is 3.35. The van der Waals surface area contributed by atoms with Crippen LogP contribution in [0.2, 0.25) is 0 Å². The standard InChI is InChI=1S/C20H26O7/c1-6-9(2)18(22)26-13-8-20(5,24)17-16(27-17)15(21)10(3)7-12-14(13)11(4)19(23)25-12/h6-7,12-17,21,24H,4,8H2,1-3,5H3/b9-6-,10-7-/t12-,13+,14+,15-,16-,17+,20-/m1/s1. The number of rotatable bonds is 2. The molecule has 0 radical (unpaired) electrons. The number of hydrogen-bond donors (Lipinski definition) is 2. The zero-order valence-corrected chi connectivity index (χ0v) is 16.0. The molecule has 148 valence electrons. The summed E-state index contributed by atoms with van der Waals surface area (Å²) in [5.41, 5.74) is -0.206. The van der Waals surface area contributed by atoms with Crippen LogP contribution < -0.4 is 0 Å². The van der Waals surface area contributed by atoms with E-state index in [1.165, 1.54) is 0 Å². The Kier molecular flexibility index (Phi) is 5.05. The molecule has 27 heavy (non-hydrogen) atoms. The normalized spacial score (nSPS) is 43.8. The lowest BCUT2D eigenvalue weighted by Gasteiger charge is -2.33. The molecule has 7 nitrogen and oxygen atoms in total. The summed E-state index contributed by atoms with van der Waals surface area (Å²) in [6.45, 7) is 10.4. The molecule has 3 aliphatic rings. The topological polar surface area (TPSA) is 106 Å². The summed E-state index contributed by atoms with van der Waals surface area (Å²) in [7, 11) is 0. The van der Waals surface area contributed by atoms with Gasteiger partial charge in [0, 0.05) is 17.6 Å². The van der Waals surface area contributed by atoms with Crippen molar-refractivity contribution < 1.29 is 34.0 Å². The molecule has 2 saturated heterocycles. The fourth-order valence-corrected chi connectivity index (χ4v) is 3.78. The monoisotopic (exact) mass is 378 g/mol. The third kappa shape index (κ3) is 3.59. The van der Waals surface area contributed by atoms with Crippen molar-refractivity contribution in [3.05, 3.63) is 35.5 Å². The Morgan fingerprint density at radius 1 is 1.48 bits per heavy atom. The summed E-state index contributed by atoms with van der Waals surface area (Å²) in [5, 5.41) is 21.4. The molecule has 1 aliphatic carbocycles. The van der Waals surface area contributed by atoms with Gasteiger partial charge in [-0.3, -0.25) is 0 Å². The molecule has 3 rings (SSSR count). The first-order valence-electron chi connectivity index (χ1n) is 9.04. The van der Waals surface area contributed by atoms with E-state index in [0.717, 1.165) is 0 Å². The van der Waals surface area contributed by atoms with Crippen molar-refractivity contribution in [1.29, 1.82) is 0 Å². The fourth-order valence-electron chi connectivity index (χ4n) is 3.78. The van der Waals surface area contributed by atoms with Gasteiger partial charge >= 0.3 is 11.9 Å². The molecule has 0 aromatic heterocycles. The van der Waals surface area contributed by atoms with Gasteiger partial charge in [0.15, 0.2) is 0 Å². The Labute approximate surface area is 158 Å². The fraction of sp³-hybridized carbons (Fsp3) is 0.600. The second kappa shape index (κ2) is 6.89. The zero-order valence-electron chi connectivity index (χ0n) is 16.0. The van der Waals surface area contributed by atoms with Gasteiger partial charge in [-0.1, -0.05) is 12.7 Å². The van der Waals surface area contributed by atoms with Gasteiger partial charge in [-0.05, 0) is 39.3 Å². The molecule has 2 N–H and O–H groups in total. The SMILES string of the molecule is C=C1C(=O)O[C@@H]2/C=C(/C)[C@@H](O)[C@H]3O[C@@H]3[C@](C)(O)C[C@H](OC(=O)/C(C)=C\C)[C@@H]12. The van der Waals surface area contributed by atoms with Crippen molar-refractivity contribution in [3.8, 4) is 0 Å². The molecule has 0 spiro atoms. The molecule has 0 saturated carbocycles. The average molecular weight is 378 g/mol. The molecule has 7 atom stereocenters. The minimum Gasteiger partial charge on any atom is -0.458 e. The Balaban J connectivity index is 2.01. The highest BCUT2D eigenvalue weighted by Gasteiger charge is 2.58. The lowest BCUT2D eigenvalue weighted by molar-refractivity contribution is -0.151. The number of ether oxygens (including phenoxy) is 3. The molecule has 0 bridgehead atoms. The third-order valence-corrected chi connectivity index (χ3v) is 5.63. The molecular weight excluding hydrogens is 352 g/mol. The summed E-state index contributed by atoms with van der Waals surface area (Å²) < 4.78 is 16.6. The van der Waals surface area contributed by atoms with Gasteiger partial charge in [-0.15, -0.1) is 0 Å². The predicted molar refractivity (Wildman–Crippen MR) is 95.5 cm³/mol. The number of fused-ring (bicyclic) bond motifs is 2. The largest absolute Gasteiger partial charge is 0.458 e. The van der Waals surface area contributed by atoms with Crippen LogP contribution in [0.25, 0.3) is 0 Å². The first-order chi connectivity index (χ1) is 12.6. The number of aliphatic hydroxyl groups excluding tert-OH is 1. The summed E-state index contributed by atoms with van der Waals surface area (Å²) in [6.07, 6.45) is -0.349. The second-order valence-corrected chi connectivity index (χ2v) is 7.77. The van der Waals surface area contributed by atoms with Crippen LogP contribution in [-0.2, 0) is 23.8 Å². The van der Waals surface area contributed by atoms with E-state index in [-0.39, 0.29) is 12.0 Å². The molecule has 0 aromatic rings. The highest BCUT2D eigenvalue weighted by atomic mass is 16.6. The van der Waals surface area contributed by atoms with Crippen molar-refractivity contribution in [2.24, 2.45) is 5.92 Å². The van der Waals surface area contributed by atoms with Crippen molar-refractivity contribution in [1.82, 2.24) is 0 Å². The van der Waals surface area contributed by atoms with E-state index in [4.69, 9.17) is 14.2 Å². The lowest BCUT2D eigenvalue weighted by atomic mass is 9.80. The molecule has 0 unspecified atom stereocenters. The summed E-state index contributed by atoms with van der Waals surface area (Å²) in [6, 6.07) is 0. The first-order valence-corrected chi connectivity index (χ1v) is 9.04. The minimum atomic E-state index is -1.37. The van der Waals surface area contributed by atoms with Crippen LogP contribution in [0.1, 0.15) is 34.1 Å². The number of hydrogen-bond acceptors (Lipinski definition) is 7. The van der Waals surface area contributed by atoms with Gasteiger partial charge in [0.05, 0.1) is 11.5 Å². The predicted octanol–water partition coefficient (Wildman–Crippen LogP) is 1.19. The van der Waals surface area contributed by atoms with Crippen LogP contribution in [0.15, 0.2) is 35.5 Å². The summed E-state index contributed by atoms with van der Waals surface area (Å²) in [4.78, 5) is 24.5. The van der Waals surface area contributed by atoms with Crippen LogP contribution in [0, 0.1) is 5.92 Å². The smallest absolute Gasteiger partial charge is 0.334 e. The molecule has 0 amide bonds. The molecule has 7 heteroatoms. The minimum absolute atomic E-state index is 0.0212. The Bertz CT molecular complexity index is 733. The Hall–Kier alpha value is -1.96. The Morgan fingerprint density at radius 2 is 2.15 bits per heavy atom. The number of epoxide rings is 1. The summed E-state index contributed by atoms with van der Waals surface area (Å²) in [5.74, 6) is -1.77. The summed E-state index contributed by atoms with van der Waals surface area (Å²) >= 11 is 0. The number of carbonyl (C=O) groups excluding carboxylic acids is 2. The van der Waals surface area contributed by atoms with Crippen LogP contribution in [0.4, 0.5) is 0 Å². The number of esters is 2. The number of carbonyl (C=O) groups is 2. The van der Waals surface area contributed by atoms with E-state index in [9.17, 15) is 19.8 Å². The van der Waals surface area contributed by atoms with Gasteiger partial charge in [0.25, 0.3) is 0 Å². The van der Waals surface area contributed by atoms with Crippen LogP contribution in [-0.4, -0.2) is 58.3 Å². The van der Waals surface area contributed by atoms with Gasteiger partial charge in [0.1, 0.15) is 30.5 Å². The molecular formula is C20H26O7. The van der Waals surface area contributed by atoms with E-state index in [1.807, 2.05) is 0 Å². The zero-order chi connectivity index (χ0) is 20.1. The van der Waals surface area contributed by atoms with Crippen molar-refractivity contribution in [2.75, 3.05) is 0 Å². The maximum atomic E-state index is 12.4. The van der Waals surface area contributed by atoms with Gasteiger partial charge in [-0.25, -0.2) is 9.59 Å². The van der Waals surface area contributed by atoms with E-state index in [0.29, 0.717) is 11.1 Å². The van der Waals surface area contributed by atoms with Gasteiger partial charge in [0.2, 0.25) is 0 Å². The maximum absolute atomic E-state index is 12.4. The van der Waals surface area contributed by atoms with E-state index < -0.39 is 54.0 Å². The number of allylic oxidation sites excluding steroid dienone is 1. The van der Waals surface area contributed by atoms with Crippen LogP contribution in [0.5, 0.6) is 0 Å². The van der Waals surface area contributed by atoms with Crippen molar-refractivity contribution >= 4 is 11.9 Å². The van der Waals surface area contributed by atoms with E-state index in [1.54, 1.807) is 39.8 Å². The first kappa shape index (κ1) is 19.8. The highest BCUT2D eigenvalue weighted by Crippen LogP contribution is 2.44. The molecule has 2 aliphatic heterocycles. The molecule has 0 aromatic carbocycles. The number of aliphatic hydroxyl groups is 2. The maximum Gasteiger partial charge on any atom is 0.334 e. The van der Waals surface area contributed by atoms with E-state index >= 15 is 0 Å². The third-order valence-electron chi connectivity index (χ3n) is 5.63. The van der Waals surface area contributed by atoms with Crippen LogP contribution >= 0.6 is 0 Å².